The maximum atomic E-state index is 11.7. The minimum atomic E-state index is -1.09. The van der Waals surface area contributed by atoms with Crippen LogP contribution in [0.1, 0.15) is 29.7 Å². The largest absolute Gasteiger partial charge is 0.507 e. The lowest BCUT2D eigenvalue weighted by Gasteiger charge is -2.37. The summed E-state index contributed by atoms with van der Waals surface area (Å²) >= 11 is 2.86. The number of aryl methyl sites for hydroxylation is 2. The summed E-state index contributed by atoms with van der Waals surface area (Å²) in [5.74, 6) is 0.613. The number of benzene rings is 1. The van der Waals surface area contributed by atoms with Gasteiger partial charge >= 0.3 is 0 Å². The van der Waals surface area contributed by atoms with E-state index in [1.54, 1.807) is 41.4 Å². The molecule has 4 N–H and O–H groups in total. The third-order valence-corrected chi connectivity index (χ3v) is 7.93. The predicted octanol–water partition coefficient (Wildman–Crippen LogP) is 3.05. The lowest BCUT2D eigenvalue weighted by Crippen LogP contribution is -2.46. The van der Waals surface area contributed by atoms with Gasteiger partial charge in [-0.2, -0.15) is 5.10 Å². The van der Waals surface area contributed by atoms with Crippen molar-refractivity contribution in [3.63, 3.8) is 0 Å². The van der Waals surface area contributed by atoms with Crippen molar-refractivity contribution >= 4 is 43.7 Å². The highest BCUT2D eigenvalue weighted by molar-refractivity contribution is 7.18. The fourth-order valence-corrected chi connectivity index (χ4v) is 6.04. The van der Waals surface area contributed by atoms with E-state index >= 15 is 0 Å². The zero-order valence-electron chi connectivity index (χ0n) is 21.4. The average Bonchev–Trinajstić information content (AvgIpc) is 3.69. The molecule has 202 valence electrons. The van der Waals surface area contributed by atoms with Crippen LogP contribution in [0.25, 0.3) is 33.0 Å². The van der Waals surface area contributed by atoms with Crippen LogP contribution in [-0.2, 0) is 9.47 Å². The van der Waals surface area contributed by atoms with Crippen LogP contribution in [0.2, 0.25) is 0 Å². The Kier molecular flexibility index (Phi) is 6.39. The molecule has 1 aliphatic rings. The predicted molar refractivity (Wildman–Crippen MR) is 145 cm³/mol. The molecule has 13 nitrogen and oxygen atoms in total. The zero-order valence-corrected chi connectivity index (χ0v) is 23.0. The van der Waals surface area contributed by atoms with Gasteiger partial charge in [-0.25, -0.2) is 24.3 Å². The quantitative estimate of drug-likeness (QED) is 0.275. The fourth-order valence-electron chi connectivity index (χ4n) is 4.63. The van der Waals surface area contributed by atoms with E-state index in [1.165, 1.54) is 23.1 Å². The molecule has 0 saturated carbocycles. The molecule has 0 saturated heterocycles. The number of ether oxygens (including phenoxy) is 2. The van der Waals surface area contributed by atoms with Gasteiger partial charge in [-0.1, -0.05) is 5.21 Å². The Hall–Kier alpha value is -3.76. The van der Waals surface area contributed by atoms with Gasteiger partial charge in [-0.3, -0.25) is 0 Å². The molecule has 39 heavy (non-hydrogen) atoms. The molecule has 4 aromatic heterocycles. The molecule has 15 heteroatoms. The maximum absolute atomic E-state index is 11.7. The van der Waals surface area contributed by atoms with E-state index in [1.807, 2.05) is 25.1 Å². The maximum Gasteiger partial charge on any atom is 0.180 e. The number of fused-ring (bicyclic) bond motifs is 1. The normalized spacial score (nSPS) is 20.7. The first-order valence-electron chi connectivity index (χ1n) is 12.0. The monoisotopic (exact) mass is 567 g/mol. The highest BCUT2D eigenvalue weighted by Crippen LogP contribution is 2.39. The molecule has 4 atom stereocenters. The first kappa shape index (κ1) is 25.5. The minimum absolute atomic E-state index is 0.198. The molecule has 0 spiro atoms. The molecule has 5 heterocycles. The summed E-state index contributed by atoms with van der Waals surface area (Å²) in [6.45, 7) is 5.30. The van der Waals surface area contributed by atoms with E-state index in [-0.39, 0.29) is 11.5 Å². The Bertz CT molecular complexity index is 1700. The molecule has 0 bridgehead atoms. The van der Waals surface area contributed by atoms with E-state index in [2.05, 4.69) is 30.4 Å². The van der Waals surface area contributed by atoms with Crippen LogP contribution in [0.15, 0.2) is 35.5 Å². The third-order valence-electron chi connectivity index (χ3n) is 6.32. The zero-order chi connectivity index (χ0) is 27.4. The molecule has 2 unspecified atom stereocenters. The van der Waals surface area contributed by atoms with Crippen molar-refractivity contribution in [2.24, 2.45) is 0 Å². The molecule has 6 rings (SSSR count). The third kappa shape index (κ3) is 4.47. The van der Waals surface area contributed by atoms with Gasteiger partial charge in [-0.15, -0.1) is 27.8 Å². The molecule has 0 amide bonds. The van der Waals surface area contributed by atoms with Crippen molar-refractivity contribution in [3.8, 4) is 17.1 Å². The lowest BCUT2D eigenvalue weighted by atomic mass is 9.98. The van der Waals surface area contributed by atoms with Gasteiger partial charge in [0, 0.05) is 12.5 Å². The average molecular weight is 568 g/mol. The number of anilines is 1. The molecule has 1 aliphatic heterocycles. The summed E-state index contributed by atoms with van der Waals surface area (Å²) in [7, 11) is 1.47. The number of aromatic nitrogens is 8. The van der Waals surface area contributed by atoms with Crippen LogP contribution in [0.3, 0.4) is 0 Å². The number of methoxy groups -OCH3 is 1. The molecule has 0 radical (unpaired) electrons. The van der Waals surface area contributed by atoms with Crippen molar-refractivity contribution in [1.29, 1.82) is 0 Å². The van der Waals surface area contributed by atoms with Crippen LogP contribution in [-0.4, -0.2) is 75.4 Å². The van der Waals surface area contributed by atoms with Crippen LogP contribution < -0.4 is 5.73 Å². The van der Waals surface area contributed by atoms with Crippen molar-refractivity contribution in [2.45, 2.75) is 45.2 Å². The fraction of sp³-hybridized carbons (Fsp3) is 0.333. The second-order valence-electron chi connectivity index (χ2n) is 9.08. The van der Waals surface area contributed by atoms with Crippen molar-refractivity contribution in [3.05, 3.63) is 52.2 Å². The number of nitrogens with two attached hydrogens (primary N) is 1. The van der Waals surface area contributed by atoms with E-state index in [0.717, 1.165) is 20.9 Å². The van der Waals surface area contributed by atoms with Crippen LogP contribution in [0, 0.1) is 13.8 Å². The van der Waals surface area contributed by atoms with Gasteiger partial charge in [0.2, 0.25) is 0 Å². The molecule has 5 aromatic rings. The summed E-state index contributed by atoms with van der Waals surface area (Å²) in [5, 5.41) is 38.5. The SMILES string of the molecule is CO[C@@H]1C(n2cc(-c3csc(N)n3)nn2)=C(O)[C@H](c2nc(C)nn2-c2ccc3nc(C)sc3c2)OC1C(C)O. The Balaban J connectivity index is 1.49. The second-order valence-corrected chi connectivity index (χ2v) is 11.2. The number of thiazole rings is 2. The Morgan fingerprint density at radius 2 is 2.00 bits per heavy atom. The Morgan fingerprint density at radius 1 is 1.18 bits per heavy atom. The van der Waals surface area contributed by atoms with Crippen LogP contribution in [0.4, 0.5) is 5.13 Å². The van der Waals surface area contributed by atoms with Crippen molar-refractivity contribution in [1.82, 2.24) is 39.7 Å². The summed E-state index contributed by atoms with van der Waals surface area (Å²) in [4.78, 5) is 13.4. The Labute approximate surface area is 230 Å². The molecular formula is C24H25N9O4S2. The van der Waals surface area contributed by atoms with E-state index < -0.39 is 24.4 Å². The smallest absolute Gasteiger partial charge is 0.180 e. The molecule has 1 aromatic carbocycles. The number of nitrogens with zero attached hydrogens (tertiary/aromatic N) is 8. The minimum Gasteiger partial charge on any atom is -0.507 e. The topological polar surface area (TPSA) is 172 Å². The number of nitrogen functional groups attached to an aromatic ring is 1. The molecule has 0 aliphatic carbocycles. The first-order valence-corrected chi connectivity index (χ1v) is 13.7. The van der Waals surface area contributed by atoms with E-state index in [9.17, 15) is 10.2 Å². The summed E-state index contributed by atoms with van der Waals surface area (Å²) in [5.41, 5.74) is 8.66. The number of rotatable bonds is 6. The van der Waals surface area contributed by atoms with Crippen LogP contribution >= 0.6 is 22.7 Å². The van der Waals surface area contributed by atoms with Crippen LogP contribution in [0.5, 0.6) is 0 Å². The summed E-state index contributed by atoms with van der Waals surface area (Å²) in [6, 6.07) is 5.77. The van der Waals surface area contributed by atoms with Crippen molar-refractivity contribution in [2.75, 3.05) is 12.8 Å². The first-order chi connectivity index (χ1) is 18.7. The summed E-state index contributed by atoms with van der Waals surface area (Å²) in [6.07, 6.45) is -2.18. The highest BCUT2D eigenvalue weighted by atomic mass is 32.1. The van der Waals surface area contributed by atoms with E-state index in [4.69, 9.17) is 15.2 Å². The van der Waals surface area contributed by atoms with E-state index in [0.29, 0.717) is 28.2 Å². The Morgan fingerprint density at radius 3 is 2.72 bits per heavy atom. The number of aliphatic hydroxyl groups is 2. The van der Waals surface area contributed by atoms with Crippen molar-refractivity contribution < 1.29 is 19.7 Å². The van der Waals surface area contributed by atoms with Gasteiger partial charge in [0.15, 0.2) is 22.8 Å². The standard InChI is InChI=1S/C24H25N9O4S2/c1-10(34)20-21(36-4)18(32-8-15(29-31-32)16-9-38-24(25)28-16)19(35)22(37-20)23-26-11(2)30-33(23)13-5-6-14-17(7-13)39-12(3)27-14/h5-10,20-22,34-35H,1-4H3,(H2,25,28)/t10?,20?,21-,22-/m1/s1. The number of hydrogen-bond donors (Lipinski definition) is 3. The van der Waals surface area contributed by atoms with Gasteiger partial charge in [0.25, 0.3) is 0 Å². The van der Waals surface area contributed by atoms with Gasteiger partial charge in [0.1, 0.15) is 35.1 Å². The molecular weight excluding hydrogens is 542 g/mol. The lowest BCUT2D eigenvalue weighted by molar-refractivity contribution is -0.133. The number of hydrogen-bond acceptors (Lipinski definition) is 13. The summed E-state index contributed by atoms with van der Waals surface area (Å²) < 4.78 is 16.0. The molecule has 0 fully saturated rings. The number of aliphatic hydroxyl groups excluding tert-OH is 2. The van der Waals surface area contributed by atoms with Gasteiger partial charge in [-0.05, 0) is 39.0 Å². The van der Waals surface area contributed by atoms with Gasteiger partial charge in [0.05, 0.1) is 33.2 Å². The highest BCUT2D eigenvalue weighted by Gasteiger charge is 2.44. The van der Waals surface area contributed by atoms with Gasteiger partial charge < -0.3 is 25.4 Å². The second kappa shape index (κ2) is 9.77.